The first-order chi connectivity index (χ1) is 9.33. The fourth-order valence-electron chi connectivity index (χ4n) is 1.47. The molecule has 0 spiro atoms. The fraction of sp³-hybridized carbons (Fsp3) is 0.167. The van der Waals surface area contributed by atoms with Crippen LogP contribution in [0, 0.1) is 0 Å². The molecule has 5 nitrogen and oxygen atoms in total. The van der Waals surface area contributed by atoms with Crippen molar-refractivity contribution in [3.8, 4) is 5.75 Å². The molecule has 0 atom stereocenters. The number of rotatable bonds is 3. The molecule has 1 aromatic heterocycles. The number of ether oxygens (including phenoxy) is 1. The van der Waals surface area contributed by atoms with Crippen molar-refractivity contribution in [3.05, 3.63) is 42.2 Å². The van der Waals surface area contributed by atoms with Crippen molar-refractivity contribution in [2.45, 2.75) is 6.36 Å². The number of nitrogens with one attached hydrogen (secondary N) is 1. The smallest absolute Gasteiger partial charge is 0.406 e. The van der Waals surface area contributed by atoms with E-state index < -0.39 is 12.3 Å². The highest BCUT2D eigenvalue weighted by molar-refractivity contribution is 6.02. The zero-order valence-electron chi connectivity index (χ0n) is 10.3. The number of aryl methyl sites for hydroxylation is 1. The molecule has 0 aliphatic rings. The molecule has 0 fully saturated rings. The molecular weight excluding hydrogens is 275 g/mol. The lowest BCUT2D eigenvalue weighted by Gasteiger charge is -2.09. The van der Waals surface area contributed by atoms with Crippen LogP contribution in [-0.4, -0.2) is 22.1 Å². The van der Waals surface area contributed by atoms with E-state index >= 15 is 0 Å². The van der Waals surface area contributed by atoms with Gasteiger partial charge in [0, 0.05) is 18.9 Å². The summed E-state index contributed by atoms with van der Waals surface area (Å²) < 4.78 is 41.1. The molecule has 2 aromatic rings. The Morgan fingerprint density at radius 3 is 2.40 bits per heavy atom. The number of carbonyl (C=O) groups excluding carboxylic acids is 1. The Hall–Kier alpha value is -2.51. The lowest BCUT2D eigenvalue weighted by Crippen LogP contribution is -2.17. The van der Waals surface area contributed by atoms with Gasteiger partial charge in [0.25, 0.3) is 5.91 Å². The van der Waals surface area contributed by atoms with Crippen LogP contribution in [0.5, 0.6) is 5.75 Å². The van der Waals surface area contributed by atoms with Gasteiger partial charge >= 0.3 is 6.36 Å². The topological polar surface area (TPSA) is 56.2 Å². The van der Waals surface area contributed by atoms with E-state index in [1.165, 1.54) is 22.9 Å². The van der Waals surface area contributed by atoms with Crippen LogP contribution in [0.2, 0.25) is 0 Å². The Bertz CT molecular complexity index is 605. The van der Waals surface area contributed by atoms with Crippen molar-refractivity contribution in [2.24, 2.45) is 7.05 Å². The van der Waals surface area contributed by atoms with Crippen LogP contribution in [0.3, 0.4) is 0 Å². The highest BCUT2D eigenvalue weighted by atomic mass is 19.4. The third-order valence-corrected chi connectivity index (χ3v) is 2.29. The van der Waals surface area contributed by atoms with Gasteiger partial charge in [0.15, 0.2) is 5.69 Å². The normalized spacial score (nSPS) is 11.2. The molecule has 0 radical (unpaired) electrons. The molecule has 20 heavy (non-hydrogen) atoms. The standard InChI is InChI=1S/C12H10F3N3O2/c1-18-7-6-10(17-18)11(19)16-8-2-4-9(5-3-8)20-12(13,14)15/h2-7H,1H3,(H,16,19). The summed E-state index contributed by atoms with van der Waals surface area (Å²) in [5.74, 6) is -0.802. The second kappa shape index (κ2) is 5.24. The Kier molecular flexibility index (Phi) is 3.64. The van der Waals surface area contributed by atoms with Crippen molar-refractivity contribution >= 4 is 11.6 Å². The largest absolute Gasteiger partial charge is 0.573 e. The number of benzene rings is 1. The first kappa shape index (κ1) is 13.9. The Morgan fingerprint density at radius 1 is 1.25 bits per heavy atom. The molecule has 0 bridgehead atoms. The van der Waals surface area contributed by atoms with Crippen LogP contribution in [-0.2, 0) is 7.05 Å². The maximum absolute atomic E-state index is 12.0. The highest BCUT2D eigenvalue weighted by Gasteiger charge is 2.30. The highest BCUT2D eigenvalue weighted by Crippen LogP contribution is 2.24. The van der Waals surface area contributed by atoms with Gasteiger partial charge in [0.05, 0.1) is 0 Å². The van der Waals surface area contributed by atoms with Crippen molar-refractivity contribution in [3.63, 3.8) is 0 Å². The van der Waals surface area contributed by atoms with Gasteiger partial charge in [-0.1, -0.05) is 0 Å². The van der Waals surface area contributed by atoms with E-state index in [-0.39, 0.29) is 11.4 Å². The Labute approximate surface area is 112 Å². The maximum atomic E-state index is 12.0. The molecule has 1 N–H and O–H groups in total. The predicted octanol–water partition coefficient (Wildman–Crippen LogP) is 2.57. The number of carbonyl (C=O) groups is 1. The average Bonchev–Trinajstić information content (AvgIpc) is 2.77. The van der Waals surface area contributed by atoms with Crippen molar-refractivity contribution in [1.29, 1.82) is 0 Å². The molecule has 0 saturated heterocycles. The quantitative estimate of drug-likeness (QED) is 0.943. The van der Waals surface area contributed by atoms with Crippen LogP contribution < -0.4 is 10.1 Å². The molecule has 1 amide bonds. The van der Waals surface area contributed by atoms with E-state index in [1.807, 2.05) is 0 Å². The van der Waals surface area contributed by atoms with E-state index in [2.05, 4.69) is 15.2 Å². The molecule has 1 aromatic carbocycles. The molecule has 0 aliphatic heterocycles. The summed E-state index contributed by atoms with van der Waals surface area (Å²) in [6.45, 7) is 0. The summed E-state index contributed by atoms with van der Waals surface area (Å²) in [5, 5.41) is 6.41. The van der Waals surface area contributed by atoms with E-state index in [9.17, 15) is 18.0 Å². The first-order valence-corrected chi connectivity index (χ1v) is 5.50. The van der Waals surface area contributed by atoms with Gasteiger partial charge in [-0.2, -0.15) is 5.10 Å². The number of nitrogens with zero attached hydrogens (tertiary/aromatic N) is 2. The zero-order chi connectivity index (χ0) is 14.8. The average molecular weight is 285 g/mol. The fourth-order valence-corrected chi connectivity index (χ4v) is 1.47. The van der Waals surface area contributed by atoms with E-state index in [4.69, 9.17) is 0 Å². The van der Waals surface area contributed by atoms with Gasteiger partial charge < -0.3 is 10.1 Å². The lowest BCUT2D eigenvalue weighted by molar-refractivity contribution is -0.274. The summed E-state index contributed by atoms with van der Waals surface area (Å²) in [5.41, 5.74) is 0.554. The van der Waals surface area contributed by atoms with E-state index in [0.29, 0.717) is 5.69 Å². The maximum Gasteiger partial charge on any atom is 0.573 e. The van der Waals surface area contributed by atoms with Crippen LogP contribution in [0.4, 0.5) is 18.9 Å². The SMILES string of the molecule is Cn1ccc(C(=O)Nc2ccc(OC(F)(F)F)cc2)n1. The van der Waals surface area contributed by atoms with Gasteiger partial charge in [-0.3, -0.25) is 9.48 Å². The number of alkyl halides is 3. The molecule has 0 aliphatic carbocycles. The van der Waals surface area contributed by atoms with E-state index in [0.717, 1.165) is 12.1 Å². The summed E-state index contributed by atoms with van der Waals surface area (Å²) >= 11 is 0. The second-order valence-corrected chi connectivity index (χ2v) is 3.90. The molecule has 106 valence electrons. The van der Waals surface area contributed by atoms with E-state index in [1.54, 1.807) is 13.2 Å². The number of hydrogen-bond donors (Lipinski definition) is 1. The van der Waals surface area contributed by atoms with Gasteiger partial charge in [-0.15, -0.1) is 13.2 Å². The monoisotopic (exact) mass is 285 g/mol. The summed E-state index contributed by atoms with van der Waals surface area (Å²) in [4.78, 5) is 11.7. The predicted molar refractivity (Wildman–Crippen MR) is 64.3 cm³/mol. The number of hydrogen-bond acceptors (Lipinski definition) is 3. The van der Waals surface area contributed by atoms with Gasteiger partial charge in [0.1, 0.15) is 5.75 Å². The third-order valence-electron chi connectivity index (χ3n) is 2.29. The molecule has 0 saturated carbocycles. The van der Waals surface area contributed by atoms with Crippen LogP contribution >= 0.6 is 0 Å². The van der Waals surface area contributed by atoms with Crippen LogP contribution in [0.25, 0.3) is 0 Å². The molecule has 1 heterocycles. The second-order valence-electron chi connectivity index (χ2n) is 3.90. The van der Waals surface area contributed by atoms with Crippen molar-refractivity contribution in [1.82, 2.24) is 9.78 Å². The number of aromatic nitrogens is 2. The van der Waals surface area contributed by atoms with Gasteiger partial charge in [-0.25, -0.2) is 0 Å². The minimum Gasteiger partial charge on any atom is -0.406 e. The van der Waals surface area contributed by atoms with Crippen LogP contribution in [0.15, 0.2) is 36.5 Å². The number of halogens is 3. The lowest BCUT2D eigenvalue weighted by atomic mass is 10.3. The molecule has 8 heteroatoms. The van der Waals surface area contributed by atoms with Crippen molar-refractivity contribution in [2.75, 3.05) is 5.32 Å². The molecule has 2 rings (SSSR count). The van der Waals surface area contributed by atoms with Crippen LogP contribution in [0.1, 0.15) is 10.5 Å². The summed E-state index contributed by atoms with van der Waals surface area (Å²) in [7, 11) is 1.67. The van der Waals surface area contributed by atoms with Gasteiger partial charge in [-0.05, 0) is 30.3 Å². The number of anilines is 1. The zero-order valence-corrected chi connectivity index (χ0v) is 10.3. The molecular formula is C12H10F3N3O2. The van der Waals surface area contributed by atoms with Crippen molar-refractivity contribution < 1.29 is 22.7 Å². The number of amides is 1. The minimum atomic E-state index is -4.74. The first-order valence-electron chi connectivity index (χ1n) is 5.50. The van der Waals surface area contributed by atoms with Gasteiger partial charge in [0.2, 0.25) is 0 Å². The molecule has 0 unspecified atom stereocenters. The minimum absolute atomic E-state index is 0.211. The summed E-state index contributed by atoms with van der Waals surface area (Å²) in [6.07, 6.45) is -3.13. The Balaban J connectivity index is 2.02. The third kappa shape index (κ3) is 3.74. The Morgan fingerprint density at radius 2 is 1.90 bits per heavy atom. The summed E-state index contributed by atoms with van der Waals surface area (Å²) in [6, 6.07) is 6.36.